The minimum Gasteiger partial charge on any atom is -0.309 e. The number of nitrogens with one attached hydrogen (secondary N) is 1. The first kappa shape index (κ1) is 14.3. The Morgan fingerprint density at radius 1 is 1.26 bits per heavy atom. The zero-order chi connectivity index (χ0) is 13.8. The molecule has 3 nitrogen and oxygen atoms in total. The zero-order valence-electron chi connectivity index (χ0n) is 12.1. The van der Waals surface area contributed by atoms with Crippen molar-refractivity contribution in [2.24, 2.45) is 0 Å². The molecule has 0 aliphatic carbocycles. The minimum atomic E-state index is 0.341. The van der Waals surface area contributed by atoms with Gasteiger partial charge >= 0.3 is 0 Å². The van der Waals surface area contributed by atoms with E-state index in [0.717, 1.165) is 6.54 Å². The first-order valence-electron chi connectivity index (χ1n) is 6.87. The van der Waals surface area contributed by atoms with Crippen LogP contribution in [0.1, 0.15) is 56.8 Å². The van der Waals surface area contributed by atoms with Gasteiger partial charge in [0.05, 0.1) is 6.20 Å². The van der Waals surface area contributed by atoms with Gasteiger partial charge in [0.1, 0.15) is 0 Å². The summed E-state index contributed by atoms with van der Waals surface area (Å²) in [4.78, 5) is 0. The summed E-state index contributed by atoms with van der Waals surface area (Å²) >= 11 is 1.76. The lowest BCUT2D eigenvalue weighted by Gasteiger charge is -2.16. The van der Waals surface area contributed by atoms with E-state index in [1.54, 1.807) is 11.3 Å². The lowest BCUT2D eigenvalue weighted by molar-refractivity contribution is 0.523. The molecule has 0 amide bonds. The average Bonchev–Trinajstić information content (AvgIpc) is 3.05. The van der Waals surface area contributed by atoms with Crippen LogP contribution in [0.15, 0.2) is 29.2 Å². The molecule has 0 saturated carbocycles. The van der Waals surface area contributed by atoms with Crippen molar-refractivity contribution in [3.05, 3.63) is 40.3 Å². The maximum Gasteiger partial charge on any atom is 0.0537 e. The Balaban J connectivity index is 1.88. The molecule has 0 radical (unpaired) electrons. The van der Waals surface area contributed by atoms with Gasteiger partial charge < -0.3 is 5.32 Å². The largest absolute Gasteiger partial charge is 0.309 e. The third kappa shape index (κ3) is 3.67. The molecule has 0 aliphatic heterocycles. The van der Waals surface area contributed by atoms with Gasteiger partial charge in [-0.15, -0.1) is 0 Å². The Morgan fingerprint density at radius 3 is 2.63 bits per heavy atom. The number of nitrogens with zero attached hydrogens (tertiary/aromatic N) is 2. The van der Waals surface area contributed by atoms with Crippen molar-refractivity contribution in [1.82, 2.24) is 15.1 Å². The standard InChI is InChI=1S/C15H23N3S/c1-11(2)18-9-15(8-17-18)13(4)16-7-12(3)14-5-6-19-10-14/h5-6,8-13,16H,7H2,1-4H3/t12-,13-/m1/s1. The second-order valence-electron chi connectivity index (χ2n) is 5.44. The molecule has 19 heavy (non-hydrogen) atoms. The van der Waals surface area contributed by atoms with Crippen LogP contribution in [0.4, 0.5) is 0 Å². The Morgan fingerprint density at radius 2 is 2.05 bits per heavy atom. The molecule has 0 unspecified atom stereocenters. The maximum absolute atomic E-state index is 4.39. The minimum absolute atomic E-state index is 0.341. The van der Waals surface area contributed by atoms with Gasteiger partial charge in [0.25, 0.3) is 0 Å². The van der Waals surface area contributed by atoms with Gasteiger partial charge in [-0.25, -0.2) is 0 Å². The molecular weight excluding hydrogens is 254 g/mol. The van der Waals surface area contributed by atoms with Crippen LogP contribution in [0.2, 0.25) is 0 Å². The lowest BCUT2D eigenvalue weighted by Crippen LogP contribution is -2.23. The molecule has 104 valence electrons. The Labute approximate surface area is 119 Å². The molecule has 0 fully saturated rings. The van der Waals surface area contributed by atoms with Crippen LogP contribution in [0.3, 0.4) is 0 Å². The molecule has 1 N–H and O–H groups in total. The first-order valence-corrected chi connectivity index (χ1v) is 7.81. The molecule has 0 saturated heterocycles. The number of rotatable bonds is 6. The van der Waals surface area contributed by atoms with Crippen LogP contribution >= 0.6 is 11.3 Å². The highest BCUT2D eigenvalue weighted by atomic mass is 32.1. The molecule has 2 aromatic heterocycles. The van der Waals surface area contributed by atoms with Crippen molar-refractivity contribution in [3.8, 4) is 0 Å². The van der Waals surface area contributed by atoms with Crippen molar-refractivity contribution in [1.29, 1.82) is 0 Å². The van der Waals surface area contributed by atoms with Crippen LogP contribution in [0.5, 0.6) is 0 Å². The Hall–Kier alpha value is -1.13. The number of hydrogen-bond acceptors (Lipinski definition) is 3. The number of aromatic nitrogens is 2. The maximum atomic E-state index is 4.39. The average molecular weight is 277 g/mol. The summed E-state index contributed by atoms with van der Waals surface area (Å²) < 4.78 is 2.01. The van der Waals surface area contributed by atoms with Crippen LogP contribution in [-0.2, 0) is 0 Å². The molecule has 4 heteroatoms. The summed E-state index contributed by atoms with van der Waals surface area (Å²) in [6.07, 6.45) is 4.10. The highest BCUT2D eigenvalue weighted by Crippen LogP contribution is 2.19. The quantitative estimate of drug-likeness (QED) is 0.865. The van der Waals surface area contributed by atoms with E-state index >= 15 is 0 Å². The van der Waals surface area contributed by atoms with Crippen LogP contribution in [0.25, 0.3) is 0 Å². The smallest absolute Gasteiger partial charge is 0.0537 e. The van der Waals surface area contributed by atoms with E-state index in [4.69, 9.17) is 0 Å². The van der Waals surface area contributed by atoms with E-state index in [1.807, 2.05) is 10.9 Å². The van der Waals surface area contributed by atoms with E-state index in [-0.39, 0.29) is 0 Å². The SMILES string of the molecule is CC(C)n1cc([C@@H](C)NC[C@@H](C)c2ccsc2)cn1. The molecule has 0 aromatic carbocycles. The molecule has 2 aromatic rings. The molecule has 2 heterocycles. The van der Waals surface area contributed by atoms with E-state index < -0.39 is 0 Å². The van der Waals surface area contributed by atoms with Gasteiger partial charge in [-0.2, -0.15) is 16.4 Å². The lowest BCUT2D eigenvalue weighted by atomic mass is 10.0. The summed E-state index contributed by atoms with van der Waals surface area (Å²) in [6, 6.07) is 2.97. The van der Waals surface area contributed by atoms with Gasteiger partial charge in [0.2, 0.25) is 0 Å². The fourth-order valence-corrected chi connectivity index (χ4v) is 2.79. The normalized spacial score (nSPS) is 14.8. The molecular formula is C15H23N3S. The topological polar surface area (TPSA) is 29.9 Å². The van der Waals surface area contributed by atoms with Gasteiger partial charge in [0.15, 0.2) is 0 Å². The zero-order valence-corrected chi connectivity index (χ0v) is 12.9. The highest BCUT2D eigenvalue weighted by molar-refractivity contribution is 7.07. The van der Waals surface area contributed by atoms with Crippen molar-refractivity contribution in [3.63, 3.8) is 0 Å². The fraction of sp³-hybridized carbons (Fsp3) is 0.533. The van der Waals surface area contributed by atoms with Gasteiger partial charge in [-0.1, -0.05) is 6.92 Å². The Bertz CT molecular complexity index is 487. The van der Waals surface area contributed by atoms with Crippen LogP contribution < -0.4 is 5.32 Å². The third-order valence-electron chi connectivity index (χ3n) is 3.49. The molecule has 0 aliphatic rings. The predicted octanol–water partition coefficient (Wildman–Crippen LogP) is 3.98. The number of hydrogen-bond donors (Lipinski definition) is 1. The van der Waals surface area contributed by atoms with Crippen LogP contribution in [-0.4, -0.2) is 16.3 Å². The molecule has 0 bridgehead atoms. The highest BCUT2D eigenvalue weighted by Gasteiger charge is 2.11. The summed E-state index contributed by atoms with van der Waals surface area (Å²) in [7, 11) is 0. The second kappa shape index (κ2) is 6.35. The molecule has 0 spiro atoms. The fourth-order valence-electron chi connectivity index (χ4n) is 2.00. The summed E-state index contributed by atoms with van der Waals surface area (Å²) in [5.41, 5.74) is 2.67. The van der Waals surface area contributed by atoms with Crippen LogP contribution in [0, 0.1) is 0 Å². The van der Waals surface area contributed by atoms with Gasteiger partial charge in [-0.3, -0.25) is 4.68 Å². The number of thiophene rings is 1. The second-order valence-corrected chi connectivity index (χ2v) is 6.22. The Kier molecular flexibility index (Phi) is 4.77. The monoisotopic (exact) mass is 277 g/mol. The van der Waals surface area contributed by atoms with Gasteiger partial charge in [0, 0.05) is 30.4 Å². The summed E-state index contributed by atoms with van der Waals surface area (Å²) in [5, 5.41) is 12.4. The van der Waals surface area contributed by atoms with E-state index in [9.17, 15) is 0 Å². The molecule has 2 rings (SSSR count). The van der Waals surface area contributed by atoms with Gasteiger partial charge in [-0.05, 0) is 49.1 Å². The van der Waals surface area contributed by atoms with Crippen molar-refractivity contribution >= 4 is 11.3 Å². The first-order chi connectivity index (χ1) is 9.08. The van der Waals surface area contributed by atoms with E-state index in [2.05, 4.69) is 61.1 Å². The summed E-state index contributed by atoms with van der Waals surface area (Å²) in [6.45, 7) is 9.74. The summed E-state index contributed by atoms with van der Waals surface area (Å²) in [5.74, 6) is 0.550. The van der Waals surface area contributed by atoms with E-state index in [0.29, 0.717) is 18.0 Å². The van der Waals surface area contributed by atoms with Crippen molar-refractivity contribution in [2.75, 3.05) is 6.54 Å². The van der Waals surface area contributed by atoms with Crippen molar-refractivity contribution in [2.45, 2.75) is 45.7 Å². The predicted molar refractivity (Wildman–Crippen MR) is 81.8 cm³/mol. The molecule has 2 atom stereocenters. The third-order valence-corrected chi connectivity index (χ3v) is 4.19. The van der Waals surface area contributed by atoms with E-state index in [1.165, 1.54) is 11.1 Å². The van der Waals surface area contributed by atoms with Crippen molar-refractivity contribution < 1.29 is 0 Å².